The third-order valence-electron chi connectivity index (χ3n) is 4.41. The molecular weight excluding hydrogens is 412 g/mol. The molecule has 2 amide bonds. The highest BCUT2D eigenvalue weighted by Gasteiger charge is 2.25. The van der Waals surface area contributed by atoms with Crippen molar-refractivity contribution in [3.63, 3.8) is 0 Å². The van der Waals surface area contributed by atoms with Crippen molar-refractivity contribution >= 4 is 56.5 Å². The zero-order chi connectivity index (χ0) is 20.4. The van der Waals surface area contributed by atoms with Crippen LogP contribution in [0.2, 0.25) is 5.02 Å². The lowest BCUT2D eigenvalue weighted by Crippen LogP contribution is -2.27. The molecule has 1 heterocycles. The van der Waals surface area contributed by atoms with Gasteiger partial charge in [-0.3, -0.25) is 9.59 Å². The van der Waals surface area contributed by atoms with Crippen LogP contribution in [0.15, 0.2) is 48.5 Å². The van der Waals surface area contributed by atoms with Crippen LogP contribution < -0.4 is 10.6 Å². The Morgan fingerprint density at radius 2 is 1.79 bits per heavy atom. The fraction of sp³-hybridized carbons (Fsp3) is 0.190. The van der Waals surface area contributed by atoms with E-state index in [-0.39, 0.29) is 16.8 Å². The third kappa shape index (κ3) is 4.41. The Kier molecular flexibility index (Phi) is 5.51. The Morgan fingerprint density at radius 3 is 2.55 bits per heavy atom. The van der Waals surface area contributed by atoms with Gasteiger partial charge in [0.2, 0.25) is 0 Å². The summed E-state index contributed by atoms with van der Waals surface area (Å²) in [4.78, 5) is 37.2. The van der Waals surface area contributed by atoms with Crippen LogP contribution in [0.4, 0.5) is 5.69 Å². The molecule has 1 aliphatic carbocycles. The lowest BCUT2D eigenvalue weighted by atomic mass is 10.1. The van der Waals surface area contributed by atoms with Gasteiger partial charge in [-0.2, -0.15) is 0 Å². The average Bonchev–Trinajstić information content (AvgIpc) is 3.48. The van der Waals surface area contributed by atoms with E-state index in [0.717, 1.165) is 22.9 Å². The molecule has 0 unspecified atom stereocenters. The molecule has 0 radical (unpaired) electrons. The van der Waals surface area contributed by atoms with Crippen molar-refractivity contribution in [1.29, 1.82) is 0 Å². The second-order valence-electron chi connectivity index (χ2n) is 6.66. The molecule has 1 aromatic heterocycles. The summed E-state index contributed by atoms with van der Waals surface area (Å²) in [5.74, 6) is -1.44. The summed E-state index contributed by atoms with van der Waals surface area (Å²) < 4.78 is 5.99. The van der Waals surface area contributed by atoms with Gasteiger partial charge in [0.15, 0.2) is 6.61 Å². The Labute approximate surface area is 175 Å². The third-order valence-corrected chi connectivity index (χ3v) is 6.07. The fourth-order valence-corrected chi connectivity index (χ4v) is 4.21. The molecule has 1 aliphatic rings. The van der Waals surface area contributed by atoms with Crippen LogP contribution >= 0.6 is 22.9 Å². The summed E-state index contributed by atoms with van der Waals surface area (Å²) in [6.07, 6.45) is 1.94. The maximum atomic E-state index is 12.4. The first-order valence-electron chi connectivity index (χ1n) is 9.07. The first-order valence-corrected chi connectivity index (χ1v) is 10.3. The van der Waals surface area contributed by atoms with Crippen molar-refractivity contribution < 1.29 is 19.1 Å². The van der Waals surface area contributed by atoms with Gasteiger partial charge in [0.25, 0.3) is 11.8 Å². The molecule has 1 saturated carbocycles. The highest BCUT2D eigenvalue weighted by molar-refractivity contribution is 7.21. The van der Waals surface area contributed by atoms with E-state index in [1.807, 2.05) is 24.3 Å². The van der Waals surface area contributed by atoms with E-state index in [0.29, 0.717) is 16.3 Å². The normalized spacial score (nSPS) is 13.1. The summed E-state index contributed by atoms with van der Waals surface area (Å²) in [5, 5.41) is 6.60. The van der Waals surface area contributed by atoms with Crippen LogP contribution in [-0.4, -0.2) is 30.4 Å². The quantitative estimate of drug-likeness (QED) is 0.575. The Balaban J connectivity index is 1.39. The molecule has 2 N–H and O–H groups in total. The number of halogens is 1. The molecule has 0 saturated heterocycles. The van der Waals surface area contributed by atoms with Crippen molar-refractivity contribution in [3.05, 3.63) is 64.0 Å². The van der Waals surface area contributed by atoms with Crippen molar-refractivity contribution in [3.8, 4) is 0 Å². The minimum absolute atomic E-state index is 0.207. The van der Waals surface area contributed by atoms with Crippen LogP contribution in [0.5, 0.6) is 0 Å². The summed E-state index contributed by atoms with van der Waals surface area (Å²) in [5.41, 5.74) is 0.734. The zero-order valence-electron chi connectivity index (χ0n) is 15.2. The molecule has 2 aromatic carbocycles. The van der Waals surface area contributed by atoms with E-state index < -0.39 is 18.5 Å². The number of benzene rings is 2. The molecule has 148 valence electrons. The Hall–Kier alpha value is -2.90. The summed E-state index contributed by atoms with van der Waals surface area (Å²) in [7, 11) is 0. The zero-order valence-corrected chi connectivity index (χ0v) is 16.8. The largest absolute Gasteiger partial charge is 0.451 e. The number of anilines is 1. The molecular formula is C21H17ClN2O4S. The predicted molar refractivity (Wildman–Crippen MR) is 113 cm³/mol. The van der Waals surface area contributed by atoms with Crippen molar-refractivity contribution in [1.82, 2.24) is 5.32 Å². The van der Waals surface area contributed by atoms with Crippen molar-refractivity contribution in [2.24, 2.45) is 0 Å². The smallest absolute Gasteiger partial charge is 0.350 e. The highest BCUT2D eigenvalue weighted by Crippen LogP contribution is 2.35. The van der Waals surface area contributed by atoms with E-state index >= 15 is 0 Å². The number of hydrogen-bond donors (Lipinski definition) is 2. The highest BCUT2D eigenvalue weighted by atomic mass is 35.5. The number of hydrogen-bond acceptors (Lipinski definition) is 5. The van der Waals surface area contributed by atoms with Gasteiger partial charge in [0.1, 0.15) is 4.88 Å². The minimum atomic E-state index is -0.661. The van der Waals surface area contributed by atoms with Gasteiger partial charge >= 0.3 is 5.97 Å². The lowest BCUT2D eigenvalue weighted by Gasteiger charge is -2.11. The number of thiophene rings is 1. The summed E-state index contributed by atoms with van der Waals surface area (Å²) in [6, 6.07) is 14.3. The van der Waals surface area contributed by atoms with E-state index in [1.54, 1.807) is 24.3 Å². The maximum absolute atomic E-state index is 12.4. The second-order valence-corrected chi connectivity index (χ2v) is 8.09. The van der Waals surface area contributed by atoms with Crippen LogP contribution in [-0.2, 0) is 9.53 Å². The van der Waals surface area contributed by atoms with E-state index in [1.165, 1.54) is 11.3 Å². The standard InChI is InChI=1S/C21H17ClN2O4S/c22-18-14-6-2-4-8-16(14)29-19(18)21(27)28-11-17(25)24-15-7-3-1-5-13(15)20(26)23-12-9-10-12/h1-8,12H,9-11H2,(H,23,26)(H,24,25). The first kappa shape index (κ1) is 19.4. The van der Waals surface area contributed by atoms with Gasteiger partial charge in [-0.05, 0) is 31.0 Å². The molecule has 0 aliphatic heterocycles. The van der Waals surface area contributed by atoms with Crippen LogP contribution in [0.1, 0.15) is 32.9 Å². The molecule has 0 atom stereocenters. The van der Waals surface area contributed by atoms with Crippen molar-refractivity contribution in [2.75, 3.05) is 11.9 Å². The number of para-hydroxylation sites is 1. The van der Waals surface area contributed by atoms with Crippen molar-refractivity contribution in [2.45, 2.75) is 18.9 Å². The first-order chi connectivity index (χ1) is 14.0. The fourth-order valence-electron chi connectivity index (χ4n) is 2.81. The Bertz CT molecular complexity index is 1110. The van der Waals surface area contributed by atoms with Gasteiger partial charge in [0.05, 0.1) is 16.3 Å². The van der Waals surface area contributed by atoms with Crippen LogP contribution in [0, 0.1) is 0 Å². The number of amides is 2. The summed E-state index contributed by atoms with van der Waals surface area (Å²) >= 11 is 7.48. The average molecular weight is 429 g/mol. The number of carbonyl (C=O) groups excluding carboxylic acids is 3. The molecule has 1 fully saturated rings. The molecule has 4 rings (SSSR count). The predicted octanol–water partition coefficient (Wildman–Crippen LogP) is 4.24. The number of fused-ring (bicyclic) bond motifs is 1. The molecule has 8 heteroatoms. The number of esters is 1. The van der Waals surface area contributed by atoms with E-state index in [9.17, 15) is 14.4 Å². The number of rotatable bonds is 6. The molecule has 3 aromatic rings. The topological polar surface area (TPSA) is 84.5 Å². The van der Waals surface area contributed by atoms with Gasteiger partial charge in [-0.1, -0.05) is 41.9 Å². The van der Waals surface area contributed by atoms with Gasteiger partial charge in [0, 0.05) is 16.1 Å². The number of carbonyl (C=O) groups is 3. The number of ether oxygens (including phenoxy) is 1. The van der Waals surface area contributed by atoms with E-state index in [2.05, 4.69) is 10.6 Å². The Morgan fingerprint density at radius 1 is 1.07 bits per heavy atom. The number of nitrogens with one attached hydrogen (secondary N) is 2. The van der Waals surface area contributed by atoms with E-state index in [4.69, 9.17) is 16.3 Å². The lowest BCUT2D eigenvalue weighted by molar-refractivity contribution is -0.119. The summed E-state index contributed by atoms with van der Waals surface area (Å²) in [6.45, 7) is -0.484. The van der Waals surface area contributed by atoms with Gasteiger partial charge < -0.3 is 15.4 Å². The maximum Gasteiger partial charge on any atom is 0.350 e. The van der Waals surface area contributed by atoms with Crippen LogP contribution in [0.3, 0.4) is 0 Å². The van der Waals surface area contributed by atoms with Gasteiger partial charge in [-0.15, -0.1) is 11.3 Å². The van der Waals surface area contributed by atoms with Gasteiger partial charge in [-0.25, -0.2) is 4.79 Å². The molecule has 0 spiro atoms. The SMILES string of the molecule is O=C(COC(=O)c1sc2ccccc2c1Cl)Nc1ccccc1C(=O)NC1CC1. The monoisotopic (exact) mass is 428 g/mol. The van der Waals surface area contributed by atoms with Crippen LogP contribution in [0.25, 0.3) is 10.1 Å². The molecule has 6 nitrogen and oxygen atoms in total. The molecule has 29 heavy (non-hydrogen) atoms. The molecule has 0 bridgehead atoms. The minimum Gasteiger partial charge on any atom is -0.451 e. The second kappa shape index (κ2) is 8.23.